The van der Waals surface area contributed by atoms with Crippen LogP contribution in [0.5, 0.6) is 0 Å². The standard InChI is InChI=1S/C17H22N4O3/c1-3-24-17(23)21-8-6-12(7-9-21)18-16(22)15-13-10-11(2)4-5-14(13)19-20-15/h4-5,10,12H,3,6-9H2,1-2H3,(H,18,22)(H,19,20). The smallest absolute Gasteiger partial charge is 0.409 e. The molecule has 1 aliphatic rings. The lowest BCUT2D eigenvalue weighted by Gasteiger charge is -2.31. The topological polar surface area (TPSA) is 87.3 Å². The minimum absolute atomic E-state index is 0.0414. The number of H-pyrrole nitrogens is 1. The van der Waals surface area contributed by atoms with Gasteiger partial charge in [0.1, 0.15) is 0 Å². The largest absolute Gasteiger partial charge is 0.450 e. The molecular weight excluding hydrogens is 308 g/mol. The number of hydrogen-bond donors (Lipinski definition) is 2. The van der Waals surface area contributed by atoms with E-state index in [9.17, 15) is 9.59 Å². The first-order valence-corrected chi connectivity index (χ1v) is 8.25. The summed E-state index contributed by atoms with van der Waals surface area (Å²) in [6, 6.07) is 5.90. The van der Waals surface area contributed by atoms with E-state index in [-0.39, 0.29) is 18.0 Å². The van der Waals surface area contributed by atoms with Crippen LogP contribution < -0.4 is 5.32 Å². The van der Waals surface area contributed by atoms with Gasteiger partial charge >= 0.3 is 6.09 Å². The second kappa shape index (κ2) is 6.90. The van der Waals surface area contributed by atoms with Gasteiger partial charge < -0.3 is 15.0 Å². The number of carbonyl (C=O) groups excluding carboxylic acids is 2. The van der Waals surface area contributed by atoms with Crippen LogP contribution in [0.1, 0.15) is 35.8 Å². The van der Waals surface area contributed by atoms with E-state index in [4.69, 9.17) is 4.74 Å². The van der Waals surface area contributed by atoms with Gasteiger partial charge in [-0.15, -0.1) is 0 Å². The van der Waals surface area contributed by atoms with Crippen molar-refractivity contribution in [2.24, 2.45) is 0 Å². The number of nitrogens with one attached hydrogen (secondary N) is 2. The normalized spacial score (nSPS) is 15.5. The second-order valence-electron chi connectivity index (χ2n) is 6.05. The first-order valence-electron chi connectivity index (χ1n) is 8.25. The lowest BCUT2D eigenvalue weighted by Crippen LogP contribution is -2.46. The highest BCUT2D eigenvalue weighted by molar-refractivity contribution is 6.04. The van der Waals surface area contributed by atoms with Crippen LogP contribution in [-0.2, 0) is 4.74 Å². The fraction of sp³-hybridized carbons (Fsp3) is 0.471. The Hall–Kier alpha value is -2.57. The number of hydrogen-bond acceptors (Lipinski definition) is 4. The fourth-order valence-corrected chi connectivity index (χ4v) is 2.98. The monoisotopic (exact) mass is 330 g/mol. The zero-order valence-electron chi connectivity index (χ0n) is 14.0. The number of aromatic nitrogens is 2. The van der Waals surface area contributed by atoms with Crippen LogP contribution in [0.15, 0.2) is 18.2 Å². The number of piperidine rings is 1. The van der Waals surface area contributed by atoms with E-state index in [0.717, 1.165) is 16.5 Å². The van der Waals surface area contributed by atoms with Gasteiger partial charge in [0.15, 0.2) is 5.69 Å². The molecule has 1 fully saturated rings. The molecule has 128 valence electrons. The molecule has 24 heavy (non-hydrogen) atoms. The van der Waals surface area contributed by atoms with Crippen molar-refractivity contribution in [1.29, 1.82) is 0 Å². The average molecular weight is 330 g/mol. The van der Waals surface area contributed by atoms with E-state index in [1.165, 1.54) is 0 Å². The van der Waals surface area contributed by atoms with Gasteiger partial charge in [-0.1, -0.05) is 11.6 Å². The van der Waals surface area contributed by atoms with Crippen LogP contribution in [0.3, 0.4) is 0 Å². The Morgan fingerprint density at radius 2 is 2.12 bits per heavy atom. The molecule has 3 rings (SSSR count). The summed E-state index contributed by atoms with van der Waals surface area (Å²) in [5.74, 6) is -0.179. The van der Waals surface area contributed by atoms with Crippen molar-refractivity contribution in [2.45, 2.75) is 32.7 Å². The van der Waals surface area contributed by atoms with Gasteiger partial charge in [-0.2, -0.15) is 5.10 Å². The Balaban J connectivity index is 1.61. The zero-order chi connectivity index (χ0) is 17.1. The van der Waals surface area contributed by atoms with Gasteiger partial charge in [-0.3, -0.25) is 9.89 Å². The van der Waals surface area contributed by atoms with Crippen molar-refractivity contribution in [3.8, 4) is 0 Å². The summed E-state index contributed by atoms with van der Waals surface area (Å²) in [5.41, 5.74) is 2.35. The van der Waals surface area contributed by atoms with E-state index < -0.39 is 0 Å². The molecule has 0 aliphatic carbocycles. The van der Waals surface area contributed by atoms with Gasteiger partial charge in [0.2, 0.25) is 0 Å². The summed E-state index contributed by atoms with van der Waals surface area (Å²) in [6.45, 7) is 5.33. The molecule has 2 amide bonds. The quantitative estimate of drug-likeness (QED) is 0.903. The van der Waals surface area contributed by atoms with E-state index in [2.05, 4.69) is 15.5 Å². The van der Waals surface area contributed by atoms with Crippen LogP contribution in [0.4, 0.5) is 4.79 Å². The predicted octanol–water partition coefficient (Wildman–Crippen LogP) is 2.22. The lowest BCUT2D eigenvalue weighted by atomic mass is 10.0. The lowest BCUT2D eigenvalue weighted by molar-refractivity contribution is 0.0858. The van der Waals surface area contributed by atoms with Gasteiger partial charge in [-0.05, 0) is 38.8 Å². The van der Waals surface area contributed by atoms with E-state index in [1.54, 1.807) is 11.8 Å². The van der Waals surface area contributed by atoms with Gasteiger partial charge in [-0.25, -0.2) is 4.79 Å². The highest BCUT2D eigenvalue weighted by Gasteiger charge is 2.25. The molecule has 0 bridgehead atoms. The number of benzene rings is 1. The van der Waals surface area contributed by atoms with E-state index in [1.807, 2.05) is 25.1 Å². The summed E-state index contributed by atoms with van der Waals surface area (Å²) in [5, 5.41) is 10.9. The highest BCUT2D eigenvalue weighted by Crippen LogP contribution is 2.18. The van der Waals surface area contributed by atoms with Crippen molar-refractivity contribution < 1.29 is 14.3 Å². The Morgan fingerprint density at radius 1 is 1.38 bits per heavy atom. The van der Waals surface area contributed by atoms with Gasteiger partial charge in [0.25, 0.3) is 5.91 Å². The molecular formula is C17H22N4O3. The third-order valence-electron chi connectivity index (χ3n) is 4.29. The number of aromatic amines is 1. The molecule has 0 atom stereocenters. The average Bonchev–Trinajstić information content (AvgIpc) is 2.98. The number of ether oxygens (including phenoxy) is 1. The number of amides is 2. The van der Waals surface area contributed by atoms with E-state index >= 15 is 0 Å². The molecule has 2 heterocycles. The van der Waals surface area contributed by atoms with Crippen LogP contribution in [0, 0.1) is 6.92 Å². The van der Waals surface area contributed by atoms with Crippen molar-refractivity contribution in [3.05, 3.63) is 29.5 Å². The molecule has 0 radical (unpaired) electrons. The maximum absolute atomic E-state index is 12.5. The number of aryl methyl sites for hydroxylation is 1. The Morgan fingerprint density at radius 3 is 2.83 bits per heavy atom. The number of fused-ring (bicyclic) bond motifs is 1. The molecule has 7 heteroatoms. The minimum atomic E-state index is -0.281. The third kappa shape index (κ3) is 3.34. The van der Waals surface area contributed by atoms with Gasteiger partial charge in [0, 0.05) is 24.5 Å². The number of carbonyl (C=O) groups is 2. The molecule has 7 nitrogen and oxygen atoms in total. The van der Waals surface area contributed by atoms with Crippen LogP contribution in [-0.4, -0.2) is 52.8 Å². The minimum Gasteiger partial charge on any atom is -0.450 e. The Bertz CT molecular complexity index is 747. The third-order valence-corrected chi connectivity index (χ3v) is 4.29. The summed E-state index contributed by atoms with van der Waals surface area (Å²) < 4.78 is 5.00. The molecule has 1 aliphatic heterocycles. The highest BCUT2D eigenvalue weighted by atomic mass is 16.6. The SMILES string of the molecule is CCOC(=O)N1CCC(NC(=O)c2n[nH]c3ccc(C)cc23)CC1. The summed E-state index contributed by atoms with van der Waals surface area (Å²) in [7, 11) is 0. The maximum atomic E-state index is 12.5. The Kier molecular flexibility index (Phi) is 4.69. The molecule has 1 aromatic heterocycles. The number of likely N-dealkylation sites (tertiary alicyclic amines) is 1. The maximum Gasteiger partial charge on any atom is 0.409 e. The fourth-order valence-electron chi connectivity index (χ4n) is 2.98. The first kappa shape index (κ1) is 16.3. The molecule has 1 saturated heterocycles. The van der Waals surface area contributed by atoms with Crippen molar-refractivity contribution >= 4 is 22.9 Å². The summed E-state index contributed by atoms with van der Waals surface area (Å²) in [6.07, 6.45) is 1.15. The van der Waals surface area contributed by atoms with Crippen LogP contribution >= 0.6 is 0 Å². The summed E-state index contributed by atoms with van der Waals surface area (Å²) >= 11 is 0. The molecule has 0 spiro atoms. The van der Waals surface area contributed by atoms with Crippen molar-refractivity contribution in [2.75, 3.05) is 19.7 Å². The van der Waals surface area contributed by atoms with E-state index in [0.29, 0.717) is 38.2 Å². The molecule has 0 saturated carbocycles. The second-order valence-corrected chi connectivity index (χ2v) is 6.05. The Labute approximate surface area is 140 Å². The molecule has 2 aromatic rings. The van der Waals surface area contributed by atoms with Crippen LogP contribution in [0.2, 0.25) is 0 Å². The molecule has 2 N–H and O–H groups in total. The first-order chi connectivity index (χ1) is 11.6. The number of rotatable bonds is 3. The van der Waals surface area contributed by atoms with Crippen molar-refractivity contribution in [1.82, 2.24) is 20.4 Å². The van der Waals surface area contributed by atoms with Crippen molar-refractivity contribution in [3.63, 3.8) is 0 Å². The molecule has 1 aromatic carbocycles. The molecule has 0 unspecified atom stereocenters. The predicted molar refractivity (Wildman–Crippen MR) is 89.9 cm³/mol. The number of nitrogens with zero attached hydrogens (tertiary/aromatic N) is 2. The van der Waals surface area contributed by atoms with Crippen LogP contribution in [0.25, 0.3) is 10.9 Å². The zero-order valence-corrected chi connectivity index (χ0v) is 14.0. The summed E-state index contributed by atoms with van der Waals surface area (Å²) in [4.78, 5) is 25.9. The van der Waals surface area contributed by atoms with Gasteiger partial charge in [0.05, 0.1) is 12.1 Å².